The minimum atomic E-state index is -0.431. The number of likely N-dealkylation sites (tertiary alicyclic amines) is 1. The summed E-state index contributed by atoms with van der Waals surface area (Å²) in [4.78, 5) is 24.3. The van der Waals surface area contributed by atoms with Gasteiger partial charge in [0.2, 0.25) is 5.91 Å². The summed E-state index contributed by atoms with van der Waals surface area (Å²) in [6.07, 6.45) is 1.48. The zero-order valence-corrected chi connectivity index (χ0v) is 11.9. The van der Waals surface area contributed by atoms with E-state index in [4.69, 9.17) is 0 Å². The highest BCUT2D eigenvalue weighted by Crippen LogP contribution is 2.22. The van der Waals surface area contributed by atoms with Crippen LogP contribution in [-0.2, 0) is 11.2 Å². The van der Waals surface area contributed by atoms with Gasteiger partial charge in [-0.25, -0.2) is 0 Å². The monoisotopic (exact) mass is 276 g/mol. The summed E-state index contributed by atoms with van der Waals surface area (Å²) in [6.45, 7) is 5.97. The fraction of sp³-hybridized carbons (Fsp3) is 0.533. The standard InChI is InChI=1S/C15H20N2O3/c1-11-7-12(2)10-16(9-11)15(18)8-13-3-5-14(6-4-13)17(19)20/h3-6,11-12H,7-10H2,1-2H3/t11-,12-/m0/s1. The molecule has 2 rings (SSSR count). The molecule has 0 spiro atoms. The average Bonchev–Trinajstić information content (AvgIpc) is 2.38. The minimum Gasteiger partial charge on any atom is -0.342 e. The molecule has 0 aromatic heterocycles. The maximum atomic E-state index is 12.3. The van der Waals surface area contributed by atoms with Gasteiger partial charge in [0, 0.05) is 25.2 Å². The minimum absolute atomic E-state index is 0.0569. The van der Waals surface area contributed by atoms with E-state index in [9.17, 15) is 14.9 Å². The maximum Gasteiger partial charge on any atom is 0.269 e. The molecule has 1 amide bonds. The van der Waals surface area contributed by atoms with E-state index >= 15 is 0 Å². The topological polar surface area (TPSA) is 63.5 Å². The van der Waals surface area contributed by atoms with Crippen LogP contribution in [0.4, 0.5) is 5.69 Å². The number of rotatable bonds is 3. The lowest BCUT2D eigenvalue weighted by Gasteiger charge is -2.35. The first-order valence-corrected chi connectivity index (χ1v) is 6.97. The molecule has 1 aromatic carbocycles. The largest absolute Gasteiger partial charge is 0.342 e. The number of nitrogens with zero attached hydrogens (tertiary/aromatic N) is 2. The predicted molar refractivity (Wildman–Crippen MR) is 76.3 cm³/mol. The van der Waals surface area contributed by atoms with Gasteiger partial charge in [0.05, 0.1) is 11.3 Å². The Bertz CT molecular complexity index is 488. The molecular weight excluding hydrogens is 256 g/mol. The summed E-state index contributed by atoms with van der Waals surface area (Å²) in [6, 6.07) is 6.22. The van der Waals surface area contributed by atoms with Crippen LogP contribution in [0.25, 0.3) is 0 Å². The van der Waals surface area contributed by atoms with Crippen LogP contribution in [0.15, 0.2) is 24.3 Å². The zero-order valence-electron chi connectivity index (χ0n) is 11.9. The summed E-state index contributed by atoms with van der Waals surface area (Å²) < 4.78 is 0. The van der Waals surface area contributed by atoms with Gasteiger partial charge in [0.25, 0.3) is 5.69 Å². The van der Waals surface area contributed by atoms with Crippen molar-refractivity contribution in [3.63, 3.8) is 0 Å². The van der Waals surface area contributed by atoms with E-state index < -0.39 is 4.92 Å². The van der Waals surface area contributed by atoms with Crippen molar-refractivity contribution in [1.29, 1.82) is 0 Å². The van der Waals surface area contributed by atoms with Crippen molar-refractivity contribution in [2.75, 3.05) is 13.1 Å². The lowest BCUT2D eigenvalue weighted by atomic mass is 9.91. The van der Waals surface area contributed by atoms with Crippen LogP contribution in [0.3, 0.4) is 0 Å². The summed E-state index contributed by atoms with van der Waals surface area (Å²) in [5.41, 5.74) is 0.882. The van der Waals surface area contributed by atoms with E-state index in [0.29, 0.717) is 18.3 Å². The van der Waals surface area contributed by atoms with E-state index in [1.807, 2.05) is 4.90 Å². The number of amides is 1. The van der Waals surface area contributed by atoms with E-state index in [-0.39, 0.29) is 11.6 Å². The number of hydrogen-bond donors (Lipinski definition) is 0. The van der Waals surface area contributed by atoms with Crippen molar-refractivity contribution in [3.05, 3.63) is 39.9 Å². The van der Waals surface area contributed by atoms with Crippen molar-refractivity contribution < 1.29 is 9.72 Å². The number of carbonyl (C=O) groups is 1. The number of nitro benzene ring substituents is 1. The van der Waals surface area contributed by atoms with Crippen LogP contribution in [-0.4, -0.2) is 28.8 Å². The second-order valence-electron chi connectivity index (χ2n) is 5.85. The first-order valence-electron chi connectivity index (χ1n) is 6.97. The van der Waals surface area contributed by atoms with Crippen LogP contribution in [0.2, 0.25) is 0 Å². The smallest absolute Gasteiger partial charge is 0.269 e. The molecule has 108 valence electrons. The van der Waals surface area contributed by atoms with Gasteiger partial charge in [-0.15, -0.1) is 0 Å². The highest BCUT2D eigenvalue weighted by Gasteiger charge is 2.25. The van der Waals surface area contributed by atoms with Crippen molar-refractivity contribution in [2.45, 2.75) is 26.7 Å². The van der Waals surface area contributed by atoms with Crippen LogP contribution >= 0.6 is 0 Å². The summed E-state index contributed by atoms with van der Waals surface area (Å²) in [7, 11) is 0. The Morgan fingerprint density at radius 1 is 1.25 bits per heavy atom. The Morgan fingerprint density at radius 2 is 1.80 bits per heavy atom. The predicted octanol–water partition coefficient (Wildman–Crippen LogP) is 2.64. The molecule has 20 heavy (non-hydrogen) atoms. The molecule has 1 aromatic rings. The van der Waals surface area contributed by atoms with Crippen molar-refractivity contribution in [1.82, 2.24) is 4.90 Å². The van der Waals surface area contributed by atoms with Crippen LogP contribution in [0, 0.1) is 22.0 Å². The molecule has 0 radical (unpaired) electrons. The Kier molecular flexibility index (Phi) is 4.37. The van der Waals surface area contributed by atoms with Gasteiger partial charge in [-0.05, 0) is 23.8 Å². The molecule has 5 heteroatoms. The third-order valence-corrected chi connectivity index (χ3v) is 3.72. The third kappa shape index (κ3) is 3.56. The molecule has 0 bridgehead atoms. The molecule has 1 heterocycles. The molecule has 1 aliphatic rings. The lowest BCUT2D eigenvalue weighted by molar-refractivity contribution is -0.384. The molecule has 1 saturated heterocycles. The fourth-order valence-corrected chi connectivity index (χ4v) is 2.89. The number of piperidine rings is 1. The second-order valence-corrected chi connectivity index (χ2v) is 5.85. The number of non-ortho nitro benzene ring substituents is 1. The Labute approximate surface area is 118 Å². The van der Waals surface area contributed by atoms with Crippen LogP contribution in [0.5, 0.6) is 0 Å². The quantitative estimate of drug-likeness (QED) is 0.629. The SMILES string of the molecule is C[C@H]1C[C@H](C)CN(C(=O)Cc2ccc([N+](=O)[O-])cc2)C1. The number of carbonyl (C=O) groups excluding carboxylic acids is 1. The first-order chi connectivity index (χ1) is 9.45. The Hall–Kier alpha value is -1.91. The lowest BCUT2D eigenvalue weighted by Crippen LogP contribution is -2.43. The molecule has 5 nitrogen and oxygen atoms in total. The normalized spacial score (nSPS) is 22.6. The summed E-state index contributed by atoms with van der Waals surface area (Å²) in [5.74, 6) is 1.19. The van der Waals surface area contributed by atoms with Gasteiger partial charge in [-0.1, -0.05) is 26.0 Å². The third-order valence-electron chi connectivity index (χ3n) is 3.72. The van der Waals surface area contributed by atoms with E-state index in [1.54, 1.807) is 12.1 Å². The summed E-state index contributed by atoms with van der Waals surface area (Å²) in [5, 5.41) is 10.6. The first kappa shape index (κ1) is 14.5. The summed E-state index contributed by atoms with van der Waals surface area (Å²) >= 11 is 0. The molecule has 2 atom stereocenters. The van der Waals surface area contributed by atoms with Gasteiger partial charge >= 0.3 is 0 Å². The fourth-order valence-electron chi connectivity index (χ4n) is 2.89. The van der Waals surface area contributed by atoms with Crippen LogP contribution in [0.1, 0.15) is 25.8 Å². The highest BCUT2D eigenvalue weighted by molar-refractivity contribution is 5.79. The molecule has 0 saturated carbocycles. The molecule has 0 N–H and O–H groups in total. The van der Waals surface area contributed by atoms with Gasteiger partial charge in [0.1, 0.15) is 0 Å². The van der Waals surface area contributed by atoms with Crippen molar-refractivity contribution in [2.24, 2.45) is 11.8 Å². The molecule has 1 aliphatic heterocycles. The molecule has 1 fully saturated rings. The molecular formula is C15H20N2O3. The molecule has 0 unspecified atom stereocenters. The number of benzene rings is 1. The van der Waals surface area contributed by atoms with E-state index in [1.165, 1.54) is 18.6 Å². The maximum absolute atomic E-state index is 12.3. The van der Waals surface area contributed by atoms with E-state index in [0.717, 1.165) is 18.7 Å². The molecule has 0 aliphatic carbocycles. The zero-order chi connectivity index (χ0) is 14.7. The number of hydrogen-bond acceptors (Lipinski definition) is 3. The van der Waals surface area contributed by atoms with Gasteiger partial charge < -0.3 is 4.90 Å². The van der Waals surface area contributed by atoms with Gasteiger partial charge in [-0.3, -0.25) is 14.9 Å². The second kappa shape index (κ2) is 6.03. The van der Waals surface area contributed by atoms with Crippen molar-refractivity contribution in [3.8, 4) is 0 Å². The average molecular weight is 276 g/mol. The van der Waals surface area contributed by atoms with Crippen molar-refractivity contribution >= 4 is 11.6 Å². The number of nitro groups is 1. The van der Waals surface area contributed by atoms with Gasteiger partial charge in [-0.2, -0.15) is 0 Å². The Balaban J connectivity index is 1.98. The Morgan fingerprint density at radius 3 is 2.30 bits per heavy atom. The van der Waals surface area contributed by atoms with Gasteiger partial charge in [0.15, 0.2) is 0 Å². The van der Waals surface area contributed by atoms with E-state index in [2.05, 4.69) is 13.8 Å². The highest BCUT2D eigenvalue weighted by atomic mass is 16.6. The van der Waals surface area contributed by atoms with Crippen LogP contribution < -0.4 is 0 Å².